The minimum absolute atomic E-state index is 0.195. The fourth-order valence-electron chi connectivity index (χ4n) is 2.69. The molecule has 1 aliphatic carbocycles. The Morgan fingerprint density at radius 3 is 2.35 bits per heavy atom. The fraction of sp³-hybridized carbons (Fsp3) is 0.929. The summed E-state index contributed by atoms with van der Waals surface area (Å²) >= 11 is 3.30. The lowest BCUT2D eigenvalue weighted by atomic mass is 9.69. The van der Waals surface area contributed by atoms with Crippen molar-refractivity contribution in [2.75, 3.05) is 5.33 Å². The van der Waals surface area contributed by atoms with Crippen LogP contribution in [0.5, 0.6) is 0 Å². The van der Waals surface area contributed by atoms with Gasteiger partial charge in [-0.3, -0.25) is 4.79 Å². The zero-order valence-corrected chi connectivity index (χ0v) is 13.0. The van der Waals surface area contributed by atoms with Gasteiger partial charge in [-0.15, -0.1) is 0 Å². The Labute approximate surface area is 114 Å². The number of alkyl halides is 1. The highest BCUT2D eigenvalue weighted by Crippen LogP contribution is 2.40. The fourth-order valence-corrected chi connectivity index (χ4v) is 3.05. The molecule has 1 amide bonds. The maximum absolute atomic E-state index is 11.5. The lowest BCUT2D eigenvalue weighted by molar-refractivity contribution is -0.121. The maximum atomic E-state index is 11.5. The van der Waals surface area contributed by atoms with Gasteiger partial charge < -0.3 is 5.32 Å². The Bertz CT molecular complexity index is 245. The molecular weight excluding hydrogens is 278 g/mol. The summed E-state index contributed by atoms with van der Waals surface area (Å²) in [6.45, 7) is 7.03. The molecule has 0 spiro atoms. The molecule has 17 heavy (non-hydrogen) atoms. The van der Waals surface area contributed by atoms with Crippen LogP contribution in [0.1, 0.15) is 59.3 Å². The lowest BCUT2D eigenvalue weighted by Crippen LogP contribution is -2.39. The van der Waals surface area contributed by atoms with E-state index in [0.717, 1.165) is 24.1 Å². The average molecular weight is 304 g/mol. The zero-order valence-electron chi connectivity index (χ0n) is 11.4. The molecule has 0 heterocycles. The highest BCUT2D eigenvalue weighted by atomic mass is 79.9. The second-order valence-corrected chi connectivity index (χ2v) is 6.69. The van der Waals surface area contributed by atoms with E-state index in [2.05, 4.69) is 42.0 Å². The summed E-state index contributed by atoms with van der Waals surface area (Å²) in [5, 5.41) is 3.90. The summed E-state index contributed by atoms with van der Waals surface area (Å²) in [6.07, 6.45) is 6.68. The standard InChI is InChI=1S/C14H26BrNO/c1-4-14(2,3)11-5-7-12(8-6-11)16-13(17)9-10-15/h11-12H,4-10H2,1-3H3,(H,16,17). The van der Waals surface area contributed by atoms with E-state index in [4.69, 9.17) is 0 Å². The SMILES string of the molecule is CCC(C)(C)C1CCC(NC(=O)CCBr)CC1. The first-order valence-corrected chi connectivity index (χ1v) is 7.97. The molecule has 0 aromatic heterocycles. The largest absolute Gasteiger partial charge is 0.353 e. The molecular formula is C14H26BrNO. The van der Waals surface area contributed by atoms with Gasteiger partial charge in [0.1, 0.15) is 0 Å². The van der Waals surface area contributed by atoms with Crippen molar-refractivity contribution in [3.8, 4) is 0 Å². The average Bonchev–Trinajstić information content (AvgIpc) is 2.30. The topological polar surface area (TPSA) is 29.1 Å². The van der Waals surface area contributed by atoms with Gasteiger partial charge in [-0.1, -0.05) is 43.1 Å². The molecule has 0 aliphatic heterocycles. The molecule has 0 unspecified atom stereocenters. The minimum atomic E-state index is 0.195. The van der Waals surface area contributed by atoms with Crippen LogP contribution in [0, 0.1) is 11.3 Å². The minimum Gasteiger partial charge on any atom is -0.353 e. The summed E-state index contributed by atoms with van der Waals surface area (Å²) in [5.41, 5.74) is 0.463. The van der Waals surface area contributed by atoms with Crippen molar-refractivity contribution >= 4 is 21.8 Å². The van der Waals surface area contributed by atoms with Crippen molar-refractivity contribution in [2.45, 2.75) is 65.3 Å². The summed E-state index contributed by atoms with van der Waals surface area (Å²) in [6, 6.07) is 0.422. The first-order valence-electron chi connectivity index (χ1n) is 6.85. The third-order valence-electron chi connectivity index (χ3n) is 4.43. The van der Waals surface area contributed by atoms with Crippen LogP contribution in [0.2, 0.25) is 0 Å². The van der Waals surface area contributed by atoms with E-state index >= 15 is 0 Å². The zero-order chi connectivity index (χ0) is 12.9. The molecule has 100 valence electrons. The van der Waals surface area contributed by atoms with Crippen LogP contribution in [0.25, 0.3) is 0 Å². The van der Waals surface area contributed by atoms with Gasteiger partial charge in [0, 0.05) is 17.8 Å². The summed E-state index contributed by atoms with van der Waals surface area (Å²) in [7, 11) is 0. The molecule has 1 N–H and O–H groups in total. The highest BCUT2D eigenvalue weighted by Gasteiger charge is 2.31. The molecule has 1 saturated carbocycles. The lowest BCUT2D eigenvalue weighted by Gasteiger charge is -2.39. The number of carbonyl (C=O) groups is 1. The smallest absolute Gasteiger partial charge is 0.221 e. The van der Waals surface area contributed by atoms with E-state index in [1.165, 1.54) is 19.3 Å². The third kappa shape index (κ3) is 4.61. The monoisotopic (exact) mass is 303 g/mol. The van der Waals surface area contributed by atoms with Crippen LogP contribution in [-0.2, 0) is 4.79 Å². The second kappa shape index (κ2) is 6.77. The number of amides is 1. The van der Waals surface area contributed by atoms with Crippen molar-refractivity contribution in [1.82, 2.24) is 5.32 Å². The van der Waals surface area contributed by atoms with Gasteiger partial charge >= 0.3 is 0 Å². The highest BCUT2D eigenvalue weighted by molar-refractivity contribution is 9.09. The van der Waals surface area contributed by atoms with Crippen molar-refractivity contribution in [3.05, 3.63) is 0 Å². The van der Waals surface area contributed by atoms with E-state index in [0.29, 0.717) is 17.9 Å². The number of nitrogens with one attached hydrogen (secondary N) is 1. The predicted octanol–water partition coefficient (Wildman–Crippen LogP) is 3.88. The van der Waals surface area contributed by atoms with E-state index < -0.39 is 0 Å². The van der Waals surface area contributed by atoms with Crippen molar-refractivity contribution < 1.29 is 4.79 Å². The first kappa shape index (κ1) is 15.0. The van der Waals surface area contributed by atoms with E-state index in [-0.39, 0.29) is 5.91 Å². The molecule has 1 rings (SSSR count). The van der Waals surface area contributed by atoms with Crippen molar-refractivity contribution in [2.24, 2.45) is 11.3 Å². The van der Waals surface area contributed by atoms with E-state index in [1.54, 1.807) is 0 Å². The Morgan fingerprint density at radius 2 is 1.88 bits per heavy atom. The number of hydrogen-bond donors (Lipinski definition) is 1. The van der Waals surface area contributed by atoms with Gasteiger partial charge in [-0.25, -0.2) is 0 Å². The van der Waals surface area contributed by atoms with Crippen LogP contribution in [-0.4, -0.2) is 17.3 Å². The number of rotatable bonds is 5. The van der Waals surface area contributed by atoms with Gasteiger partial charge in [-0.05, 0) is 37.0 Å². The molecule has 0 aromatic rings. The summed E-state index contributed by atoms with van der Waals surface area (Å²) < 4.78 is 0. The Kier molecular flexibility index (Phi) is 5.98. The van der Waals surface area contributed by atoms with Gasteiger partial charge in [0.25, 0.3) is 0 Å². The van der Waals surface area contributed by atoms with Gasteiger partial charge in [0.05, 0.1) is 0 Å². The first-order chi connectivity index (χ1) is 7.99. The molecule has 3 heteroatoms. The van der Waals surface area contributed by atoms with Crippen LogP contribution in [0.3, 0.4) is 0 Å². The number of hydrogen-bond acceptors (Lipinski definition) is 1. The second-order valence-electron chi connectivity index (χ2n) is 5.90. The van der Waals surface area contributed by atoms with Gasteiger partial charge in [0.2, 0.25) is 5.91 Å². The van der Waals surface area contributed by atoms with Gasteiger partial charge in [-0.2, -0.15) is 0 Å². The van der Waals surface area contributed by atoms with Crippen molar-refractivity contribution in [3.63, 3.8) is 0 Å². The quantitative estimate of drug-likeness (QED) is 0.767. The summed E-state index contributed by atoms with van der Waals surface area (Å²) in [5.74, 6) is 1.02. The number of carbonyl (C=O) groups excluding carboxylic acids is 1. The van der Waals surface area contributed by atoms with E-state index in [1.807, 2.05) is 0 Å². The molecule has 1 fully saturated rings. The molecule has 0 atom stereocenters. The van der Waals surface area contributed by atoms with Crippen LogP contribution in [0.15, 0.2) is 0 Å². The van der Waals surface area contributed by atoms with Gasteiger partial charge in [0.15, 0.2) is 0 Å². The Hall–Kier alpha value is -0.0500. The summed E-state index contributed by atoms with van der Waals surface area (Å²) in [4.78, 5) is 11.5. The Balaban J connectivity index is 2.33. The van der Waals surface area contributed by atoms with Crippen LogP contribution in [0.4, 0.5) is 0 Å². The molecule has 0 aromatic carbocycles. The molecule has 2 nitrogen and oxygen atoms in total. The molecule has 0 bridgehead atoms. The Morgan fingerprint density at radius 1 is 1.29 bits per heavy atom. The third-order valence-corrected chi connectivity index (χ3v) is 4.83. The molecule has 0 radical (unpaired) electrons. The molecule has 0 saturated heterocycles. The van der Waals surface area contributed by atoms with Crippen molar-refractivity contribution in [1.29, 1.82) is 0 Å². The van der Waals surface area contributed by atoms with Crippen LogP contribution >= 0.6 is 15.9 Å². The maximum Gasteiger partial charge on any atom is 0.221 e. The normalized spacial score (nSPS) is 25.6. The predicted molar refractivity (Wildman–Crippen MR) is 76.4 cm³/mol. The number of halogens is 1. The van der Waals surface area contributed by atoms with E-state index in [9.17, 15) is 4.79 Å². The molecule has 1 aliphatic rings. The van der Waals surface area contributed by atoms with Crippen LogP contribution < -0.4 is 5.32 Å².